The lowest BCUT2D eigenvalue weighted by molar-refractivity contribution is 0.0179. The zero-order valence-corrected chi connectivity index (χ0v) is 18.3. The van der Waals surface area contributed by atoms with Crippen molar-refractivity contribution < 1.29 is 17.5 Å². The molecule has 168 valence electrons. The van der Waals surface area contributed by atoms with E-state index in [4.69, 9.17) is 9.73 Å². The van der Waals surface area contributed by atoms with E-state index in [2.05, 4.69) is 15.5 Å². The van der Waals surface area contributed by atoms with E-state index < -0.39 is 10.0 Å². The highest BCUT2D eigenvalue weighted by Gasteiger charge is 2.27. The molecule has 2 saturated heterocycles. The second kappa shape index (κ2) is 11.0. The number of sulfonamides is 1. The SMILES string of the molecule is CCNC(=NCC(c1ccc(F)cc1)N1CCOCC1)NCCN1CCCS1(=O)=O. The molecule has 2 heterocycles. The van der Waals surface area contributed by atoms with E-state index in [0.717, 1.165) is 18.7 Å². The van der Waals surface area contributed by atoms with E-state index in [1.54, 1.807) is 0 Å². The van der Waals surface area contributed by atoms with Gasteiger partial charge in [-0.25, -0.2) is 17.1 Å². The van der Waals surface area contributed by atoms with E-state index in [9.17, 15) is 12.8 Å². The largest absolute Gasteiger partial charge is 0.379 e. The Hall–Kier alpha value is -1.75. The third kappa shape index (κ3) is 6.37. The van der Waals surface area contributed by atoms with Crippen LogP contribution in [-0.4, -0.2) is 88.4 Å². The molecule has 8 nitrogen and oxygen atoms in total. The van der Waals surface area contributed by atoms with Crippen molar-refractivity contribution in [1.29, 1.82) is 0 Å². The van der Waals surface area contributed by atoms with Crippen molar-refractivity contribution in [1.82, 2.24) is 19.8 Å². The van der Waals surface area contributed by atoms with Crippen LogP contribution < -0.4 is 10.6 Å². The molecular weight excluding hydrogens is 409 g/mol. The van der Waals surface area contributed by atoms with Crippen molar-refractivity contribution >= 4 is 16.0 Å². The maximum atomic E-state index is 13.4. The van der Waals surface area contributed by atoms with Gasteiger partial charge in [-0.3, -0.25) is 9.89 Å². The third-order valence-corrected chi connectivity index (χ3v) is 7.32. The molecule has 0 spiro atoms. The molecule has 2 aliphatic heterocycles. The van der Waals surface area contributed by atoms with Crippen LogP contribution in [0.2, 0.25) is 0 Å². The second-order valence-corrected chi connectivity index (χ2v) is 9.52. The van der Waals surface area contributed by atoms with Gasteiger partial charge >= 0.3 is 0 Å². The standard InChI is InChI=1S/C20H32FN5O3S/c1-2-22-20(23-8-10-26-9-3-15-30(26,27)28)24-16-19(25-11-13-29-14-12-25)17-4-6-18(21)7-5-17/h4-7,19H,2-3,8-16H2,1H3,(H2,22,23,24). The molecule has 1 aromatic carbocycles. The summed E-state index contributed by atoms with van der Waals surface area (Å²) in [6.45, 7) is 7.64. The molecule has 0 amide bonds. The fraction of sp³-hybridized carbons (Fsp3) is 0.650. The van der Waals surface area contributed by atoms with Crippen molar-refractivity contribution in [3.8, 4) is 0 Å². The molecule has 0 aromatic heterocycles. The molecule has 1 unspecified atom stereocenters. The Labute approximate surface area is 178 Å². The Morgan fingerprint density at radius 1 is 1.20 bits per heavy atom. The van der Waals surface area contributed by atoms with Crippen LogP contribution in [0, 0.1) is 5.82 Å². The molecule has 2 aliphatic rings. The van der Waals surface area contributed by atoms with E-state index in [1.165, 1.54) is 16.4 Å². The number of morpholine rings is 1. The number of benzene rings is 1. The van der Waals surface area contributed by atoms with Gasteiger partial charge in [-0.2, -0.15) is 0 Å². The number of aliphatic imine (C=N–C) groups is 1. The van der Waals surface area contributed by atoms with Crippen molar-refractivity contribution in [2.24, 2.45) is 4.99 Å². The maximum absolute atomic E-state index is 13.4. The highest BCUT2D eigenvalue weighted by molar-refractivity contribution is 7.89. The van der Waals surface area contributed by atoms with Crippen molar-refractivity contribution in [2.45, 2.75) is 19.4 Å². The molecule has 30 heavy (non-hydrogen) atoms. The third-order valence-electron chi connectivity index (χ3n) is 5.36. The van der Waals surface area contributed by atoms with Crippen LogP contribution in [0.25, 0.3) is 0 Å². The Bertz CT molecular complexity index is 797. The van der Waals surface area contributed by atoms with Gasteiger partial charge in [0.1, 0.15) is 5.82 Å². The lowest BCUT2D eigenvalue weighted by Gasteiger charge is -2.34. The van der Waals surface area contributed by atoms with Crippen LogP contribution in [-0.2, 0) is 14.8 Å². The lowest BCUT2D eigenvalue weighted by Crippen LogP contribution is -2.43. The van der Waals surface area contributed by atoms with Crippen molar-refractivity contribution in [2.75, 3.05) is 64.8 Å². The average Bonchev–Trinajstić information content (AvgIpc) is 3.08. The molecule has 0 radical (unpaired) electrons. The highest BCUT2D eigenvalue weighted by atomic mass is 32.2. The van der Waals surface area contributed by atoms with Crippen LogP contribution in [0.3, 0.4) is 0 Å². The summed E-state index contributed by atoms with van der Waals surface area (Å²) < 4.78 is 44.3. The number of nitrogens with zero attached hydrogens (tertiary/aromatic N) is 3. The molecule has 2 N–H and O–H groups in total. The van der Waals surface area contributed by atoms with Crippen LogP contribution in [0.15, 0.2) is 29.3 Å². The molecule has 1 atom stereocenters. The Balaban J connectivity index is 1.64. The van der Waals surface area contributed by atoms with Gasteiger partial charge < -0.3 is 15.4 Å². The zero-order chi connectivity index (χ0) is 21.4. The van der Waals surface area contributed by atoms with Crippen LogP contribution >= 0.6 is 0 Å². The Kier molecular flexibility index (Phi) is 8.43. The first-order valence-electron chi connectivity index (χ1n) is 10.6. The number of guanidine groups is 1. The number of nitrogens with one attached hydrogen (secondary N) is 2. The normalized spacial score (nSPS) is 21.5. The summed E-state index contributed by atoms with van der Waals surface area (Å²) in [4.78, 5) is 7.04. The smallest absolute Gasteiger partial charge is 0.214 e. The van der Waals surface area contributed by atoms with E-state index >= 15 is 0 Å². The van der Waals surface area contributed by atoms with Crippen LogP contribution in [0.4, 0.5) is 4.39 Å². The predicted molar refractivity (Wildman–Crippen MR) is 115 cm³/mol. The minimum Gasteiger partial charge on any atom is -0.379 e. The quantitative estimate of drug-likeness (QED) is 0.458. The molecule has 0 aliphatic carbocycles. The van der Waals surface area contributed by atoms with Gasteiger partial charge in [-0.15, -0.1) is 0 Å². The Morgan fingerprint density at radius 2 is 1.93 bits per heavy atom. The van der Waals surface area contributed by atoms with E-state index in [-0.39, 0.29) is 17.6 Å². The predicted octanol–water partition coefficient (Wildman–Crippen LogP) is 0.790. The summed E-state index contributed by atoms with van der Waals surface area (Å²) in [7, 11) is -3.09. The van der Waals surface area contributed by atoms with Crippen LogP contribution in [0.5, 0.6) is 0 Å². The minimum atomic E-state index is -3.09. The number of rotatable bonds is 8. The minimum absolute atomic E-state index is 0.0175. The summed E-state index contributed by atoms with van der Waals surface area (Å²) in [5.41, 5.74) is 1.01. The lowest BCUT2D eigenvalue weighted by atomic mass is 10.0. The van der Waals surface area contributed by atoms with Gasteiger partial charge in [0.05, 0.1) is 31.6 Å². The number of halogens is 1. The van der Waals surface area contributed by atoms with Crippen molar-refractivity contribution in [3.63, 3.8) is 0 Å². The Morgan fingerprint density at radius 3 is 2.57 bits per heavy atom. The maximum Gasteiger partial charge on any atom is 0.214 e. The summed E-state index contributed by atoms with van der Waals surface area (Å²) >= 11 is 0. The topological polar surface area (TPSA) is 86.3 Å². The second-order valence-electron chi connectivity index (χ2n) is 7.43. The summed E-state index contributed by atoms with van der Waals surface area (Å²) in [5, 5.41) is 6.45. The molecule has 3 rings (SSSR count). The highest BCUT2D eigenvalue weighted by Crippen LogP contribution is 2.22. The number of ether oxygens (including phenoxy) is 1. The fourth-order valence-corrected chi connectivity index (χ4v) is 5.30. The fourth-order valence-electron chi connectivity index (χ4n) is 3.77. The van der Waals surface area contributed by atoms with Gasteiger partial charge in [0.2, 0.25) is 10.0 Å². The first-order chi connectivity index (χ1) is 14.5. The molecule has 1 aromatic rings. The molecule has 2 fully saturated rings. The van der Waals surface area contributed by atoms with Gasteiger partial charge in [0.25, 0.3) is 0 Å². The van der Waals surface area contributed by atoms with Crippen molar-refractivity contribution in [3.05, 3.63) is 35.6 Å². The molecular formula is C20H32FN5O3S. The zero-order valence-electron chi connectivity index (χ0n) is 17.5. The van der Waals surface area contributed by atoms with Gasteiger partial charge in [0, 0.05) is 39.3 Å². The number of hydrogen-bond acceptors (Lipinski definition) is 5. The van der Waals surface area contributed by atoms with Crippen LogP contribution in [0.1, 0.15) is 24.9 Å². The molecule has 0 bridgehead atoms. The van der Waals surface area contributed by atoms with Gasteiger partial charge in [-0.1, -0.05) is 12.1 Å². The first-order valence-corrected chi connectivity index (χ1v) is 12.2. The van der Waals surface area contributed by atoms with E-state index in [0.29, 0.717) is 58.3 Å². The molecule has 0 saturated carbocycles. The average molecular weight is 442 g/mol. The monoisotopic (exact) mass is 441 g/mol. The molecule has 10 heteroatoms. The first kappa shape index (κ1) is 22.9. The van der Waals surface area contributed by atoms with Gasteiger partial charge in [-0.05, 0) is 31.0 Å². The van der Waals surface area contributed by atoms with Gasteiger partial charge in [0.15, 0.2) is 5.96 Å². The summed E-state index contributed by atoms with van der Waals surface area (Å²) in [6.07, 6.45) is 0.690. The summed E-state index contributed by atoms with van der Waals surface area (Å²) in [5.74, 6) is 0.629. The van der Waals surface area contributed by atoms with E-state index in [1.807, 2.05) is 19.1 Å². The summed E-state index contributed by atoms with van der Waals surface area (Å²) in [6, 6.07) is 6.59. The number of hydrogen-bond donors (Lipinski definition) is 2.